The highest BCUT2D eigenvalue weighted by atomic mass is 15.2. The summed E-state index contributed by atoms with van der Waals surface area (Å²) in [6.07, 6.45) is 3.94. The van der Waals surface area contributed by atoms with Crippen LogP contribution in [0.5, 0.6) is 0 Å². The van der Waals surface area contributed by atoms with Gasteiger partial charge in [-0.15, -0.1) is 0 Å². The van der Waals surface area contributed by atoms with Gasteiger partial charge in [-0.05, 0) is 42.2 Å². The third-order valence-electron chi connectivity index (χ3n) is 5.16. The average molecular weight is 258 g/mol. The molecule has 1 saturated heterocycles. The average Bonchev–Trinajstić information content (AvgIpc) is 2.37. The lowest BCUT2D eigenvalue weighted by atomic mass is 9.77. The Morgan fingerprint density at radius 2 is 2.05 bits per heavy atom. The van der Waals surface area contributed by atoms with Crippen LogP contribution < -0.4 is 5.73 Å². The van der Waals surface area contributed by atoms with Crippen LogP contribution in [0, 0.1) is 5.92 Å². The molecule has 0 aromatic heterocycles. The summed E-state index contributed by atoms with van der Waals surface area (Å²) in [5.41, 5.74) is 9.62. The van der Waals surface area contributed by atoms with E-state index in [0.717, 1.165) is 19.0 Å². The molecule has 1 fully saturated rings. The van der Waals surface area contributed by atoms with Gasteiger partial charge >= 0.3 is 0 Å². The van der Waals surface area contributed by atoms with Crippen LogP contribution in [0.1, 0.15) is 43.7 Å². The molecule has 2 nitrogen and oxygen atoms in total. The van der Waals surface area contributed by atoms with E-state index in [1.165, 1.54) is 25.8 Å². The Labute approximate surface area is 117 Å². The van der Waals surface area contributed by atoms with Gasteiger partial charge in [0.2, 0.25) is 0 Å². The van der Waals surface area contributed by atoms with Crippen LogP contribution >= 0.6 is 0 Å². The minimum absolute atomic E-state index is 0.0637. The van der Waals surface area contributed by atoms with E-state index in [4.69, 9.17) is 5.73 Å². The molecule has 1 heterocycles. The number of hydrogen-bond acceptors (Lipinski definition) is 2. The molecule has 0 bridgehead atoms. The van der Waals surface area contributed by atoms with Crippen LogP contribution in [0.3, 0.4) is 0 Å². The van der Waals surface area contributed by atoms with Crippen molar-refractivity contribution in [2.75, 3.05) is 19.6 Å². The summed E-state index contributed by atoms with van der Waals surface area (Å²) in [4.78, 5) is 2.55. The number of hydrogen-bond donors (Lipinski definition) is 1. The second-order valence-corrected chi connectivity index (χ2v) is 6.85. The van der Waals surface area contributed by atoms with Crippen LogP contribution in [0.15, 0.2) is 24.3 Å². The molecule has 3 rings (SSSR count). The molecule has 104 valence electrons. The Morgan fingerprint density at radius 3 is 2.79 bits per heavy atom. The van der Waals surface area contributed by atoms with Crippen molar-refractivity contribution in [2.24, 2.45) is 11.7 Å². The van der Waals surface area contributed by atoms with E-state index in [0.29, 0.717) is 5.92 Å². The summed E-state index contributed by atoms with van der Waals surface area (Å²) in [5, 5.41) is 0. The van der Waals surface area contributed by atoms with Crippen LogP contribution in [0.4, 0.5) is 0 Å². The van der Waals surface area contributed by atoms with E-state index >= 15 is 0 Å². The molecule has 1 unspecified atom stereocenters. The highest BCUT2D eigenvalue weighted by Gasteiger charge is 2.42. The molecule has 2 N–H and O–H groups in total. The normalized spacial score (nSPS) is 26.0. The zero-order valence-electron chi connectivity index (χ0n) is 12.2. The maximum atomic E-state index is 6.39. The van der Waals surface area contributed by atoms with Gasteiger partial charge in [0.15, 0.2) is 0 Å². The molecule has 1 aromatic carbocycles. The number of fused-ring (bicyclic) bond motifs is 1. The molecule has 0 radical (unpaired) electrons. The largest absolute Gasteiger partial charge is 0.323 e. The first-order valence-electron chi connectivity index (χ1n) is 7.67. The Bertz CT molecular complexity index is 446. The zero-order valence-corrected chi connectivity index (χ0v) is 12.2. The molecule has 0 amide bonds. The lowest BCUT2D eigenvalue weighted by Gasteiger charge is -2.51. The SMILES string of the molecule is CC(C)C1(N)CN(CC2CCCc3ccccc32)C1. The topological polar surface area (TPSA) is 29.3 Å². The smallest absolute Gasteiger partial charge is 0.0435 e. The highest BCUT2D eigenvalue weighted by molar-refractivity contribution is 5.33. The second kappa shape index (κ2) is 4.92. The standard InChI is InChI=1S/C17H26N2/c1-13(2)17(18)11-19(12-17)10-15-8-5-7-14-6-3-4-9-16(14)15/h3-4,6,9,13,15H,5,7-8,10-12,18H2,1-2H3. The van der Waals surface area contributed by atoms with E-state index in [1.54, 1.807) is 11.1 Å². The third-order valence-corrected chi connectivity index (χ3v) is 5.16. The Hall–Kier alpha value is -0.860. The first-order chi connectivity index (χ1) is 9.08. The van der Waals surface area contributed by atoms with E-state index in [1.807, 2.05) is 0 Å². The Balaban J connectivity index is 1.64. The summed E-state index contributed by atoms with van der Waals surface area (Å²) >= 11 is 0. The van der Waals surface area contributed by atoms with Gasteiger partial charge < -0.3 is 5.73 Å². The summed E-state index contributed by atoms with van der Waals surface area (Å²) in [7, 11) is 0. The molecule has 1 aromatic rings. The van der Waals surface area contributed by atoms with Crippen molar-refractivity contribution in [3.8, 4) is 0 Å². The maximum absolute atomic E-state index is 6.39. The number of nitrogens with zero attached hydrogens (tertiary/aromatic N) is 1. The molecule has 1 atom stereocenters. The monoisotopic (exact) mass is 258 g/mol. The van der Waals surface area contributed by atoms with E-state index in [2.05, 4.69) is 43.0 Å². The molecular weight excluding hydrogens is 232 g/mol. The summed E-state index contributed by atoms with van der Waals surface area (Å²) in [6, 6.07) is 9.00. The number of likely N-dealkylation sites (tertiary alicyclic amines) is 1. The van der Waals surface area contributed by atoms with Gasteiger partial charge in [0.1, 0.15) is 0 Å². The lowest BCUT2D eigenvalue weighted by Crippen LogP contribution is -2.70. The quantitative estimate of drug-likeness (QED) is 0.903. The molecule has 1 aliphatic heterocycles. The third kappa shape index (κ3) is 2.44. The number of benzene rings is 1. The summed E-state index contributed by atoms with van der Waals surface area (Å²) in [5.74, 6) is 1.31. The minimum Gasteiger partial charge on any atom is -0.323 e. The van der Waals surface area contributed by atoms with Gasteiger partial charge in [-0.25, -0.2) is 0 Å². The van der Waals surface area contributed by atoms with Crippen molar-refractivity contribution in [2.45, 2.75) is 44.6 Å². The van der Waals surface area contributed by atoms with Crippen molar-refractivity contribution in [1.29, 1.82) is 0 Å². The van der Waals surface area contributed by atoms with Crippen molar-refractivity contribution in [3.63, 3.8) is 0 Å². The van der Waals surface area contributed by atoms with Crippen LogP contribution in [-0.4, -0.2) is 30.1 Å². The summed E-state index contributed by atoms with van der Waals surface area (Å²) in [6.45, 7) is 7.83. The number of nitrogens with two attached hydrogens (primary N) is 1. The van der Waals surface area contributed by atoms with Crippen molar-refractivity contribution >= 4 is 0 Å². The zero-order chi connectivity index (χ0) is 13.5. The number of aryl methyl sites for hydroxylation is 1. The van der Waals surface area contributed by atoms with E-state index in [9.17, 15) is 0 Å². The predicted octanol–water partition coefficient (Wildman–Crippen LogP) is 2.78. The Kier molecular flexibility index (Phi) is 3.40. The fourth-order valence-electron chi connectivity index (χ4n) is 3.64. The first kappa shape index (κ1) is 13.1. The maximum Gasteiger partial charge on any atom is 0.0435 e. The van der Waals surface area contributed by atoms with Gasteiger partial charge in [-0.3, -0.25) is 4.90 Å². The lowest BCUT2D eigenvalue weighted by molar-refractivity contribution is 0.0315. The van der Waals surface area contributed by atoms with Crippen LogP contribution in [-0.2, 0) is 6.42 Å². The predicted molar refractivity (Wildman–Crippen MR) is 80.3 cm³/mol. The van der Waals surface area contributed by atoms with Gasteiger partial charge in [0.25, 0.3) is 0 Å². The van der Waals surface area contributed by atoms with Gasteiger partial charge in [-0.2, -0.15) is 0 Å². The number of rotatable bonds is 3. The Morgan fingerprint density at radius 1 is 1.32 bits per heavy atom. The second-order valence-electron chi connectivity index (χ2n) is 6.85. The molecule has 19 heavy (non-hydrogen) atoms. The fraction of sp³-hybridized carbons (Fsp3) is 0.647. The van der Waals surface area contributed by atoms with Crippen molar-refractivity contribution in [1.82, 2.24) is 4.90 Å². The van der Waals surface area contributed by atoms with Crippen molar-refractivity contribution in [3.05, 3.63) is 35.4 Å². The summed E-state index contributed by atoms with van der Waals surface area (Å²) < 4.78 is 0. The van der Waals surface area contributed by atoms with E-state index < -0.39 is 0 Å². The fourth-order valence-corrected chi connectivity index (χ4v) is 3.64. The molecule has 2 heteroatoms. The molecule has 1 aliphatic carbocycles. The molecule has 0 saturated carbocycles. The van der Waals surface area contributed by atoms with Crippen LogP contribution in [0.25, 0.3) is 0 Å². The van der Waals surface area contributed by atoms with Gasteiger partial charge in [0.05, 0.1) is 0 Å². The van der Waals surface area contributed by atoms with Crippen molar-refractivity contribution < 1.29 is 0 Å². The highest BCUT2D eigenvalue weighted by Crippen LogP contribution is 2.35. The molecule has 0 spiro atoms. The first-order valence-corrected chi connectivity index (χ1v) is 7.67. The van der Waals surface area contributed by atoms with Gasteiger partial charge in [-0.1, -0.05) is 38.1 Å². The van der Waals surface area contributed by atoms with E-state index in [-0.39, 0.29) is 5.54 Å². The van der Waals surface area contributed by atoms with Crippen LogP contribution in [0.2, 0.25) is 0 Å². The van der Waals surface area contributed by atoms with Gasteiger partial charge in [0, 0.05) is 25.2 Å². The molecule has 2 aliphatic rings. The minimum atomic E-state index is 0.0637. The molecular formula is C17H26N2.